The maximum Gasteiger partial charge on any atom is 0.160 e. The molecule has 0 aliphatic heterocycles. The van der Waals surface area contributed by atoms with Crippen LogP contribution in [0.1, 0.15) is 21.1 Å². The highest BCUT2D eigenvalue weighted by molar-refractivity contribution is 7.12. The molecule has 0 bridgehead atoms. The topological polar surface area (TPSA) is 55.1 Å². The number of rotatable bonds is 4. The minimum absolute atomic E-state index is 0.676. The molecule has 0 spiro atoms. The van der Waals surface area contributed by atoms with Crippen molar-refractivity contribution in [3.63, 3.8) is 0 Å². The van der Waals surface area contributed by atoms with Crippen LogP contribution in [0.2, 0.25) is 0 Å². The van der Waals surface area contributed by atoms with Crippen LogP contribution in [0.5, 0.6) is 11.5 Å². The summed E-state index contributed by atoms with van der Waals surface area (Å²) < 4.78 is 10.5. The van der Waals surface area contributed by atoms with Gasteiger partial charge < -0.3 is 9.47 Å². The number of hydrogen-bond donors (Lipinski definition) is 0. The second-order valence-corrected chi connectivity index (χ2v) is 5.08. The van der Waals surface area contributed by atoms with Crippen LogP contribution >= 0.6 is 11.3 Å². The maximum absolute atomic E-state index is 8.93. The van der Waals surface area contributed by atoms with E-state index in [9.17, 15) is 0 Å². The fourth-order valence-electron chi connectivity index (χ4n) is 1.80. The van der Waals surface area contributed by atoms with Gasteiger partial charge in [-0.2, -0.15) is 5.26 Å². The van der Waals surface area contributed by atoms with Crippen molar-refractivity contribution in [3.8, 4) is 17.6 Å². The molecular formula is C14H14N2O2S. The second kappa shape index (κ2) is 5.72. The van der Waals surface area contributed by atoms with E-state index < -0.39 is 0 Å². The number of aryl methyl sites for hydroxylation is 1. The molecule has 0 amide bonds. The van der Waals surface area contributed by atoms with Gasteiger partial charge in [0.2, 0.25) is 0 Å². The SMILES string of the molecule is COc1ccc(Cc2nc(C)c(C#N)s2)cc1OC. The highest BCUT2D eigenvalue weighted by Crippen LogP contribution is 2.29. The largest absolute Gasteiger partial charge is 0.493 e. The van der Waals surface area contributed by atoms with E-state index in [1.165, 1.54) is 11.3 Å². The second-order valence-electron chi connectivity index (χ2n) is 4.00. The average Bonchev–Trinajstić information content (AvgIpc) is 2.78. The van der Waals surface area contributed by atoms with Gasteiger partial charge in [-0.25, -0.2) is 4.98 Å². The third kappa shape index (κ3) is 2.85. The summed E-state index contributed by atoms with van der Waals surface area (Å²) in [5.74, 6) is 1.41. The number of benzene rings is 1. The van der Waals surface area contributed by atoms with Crippen LogP contribution in [0.3, 0.4) is 0 Å². The molecule has 0 N–H and O–H groups in total. The molecule has 0 fully saturated rings. The molecule has 0 aliphatic carbocycles. The lowest BCUT2D eigenvalue weighted by Gasteiger charge is -2.08. The van der Waals surface area contributed by atoms with E-state index in [4.69, 9.17) is 14.7 Å². The lowest BCUT2D eigenvalue weighted by Crippen LogP contribution is -1.93. The molecule has 1 aromatic carbocycles. The Morgan fingerprint density at radius 1 is 1.26 bits per heavy atom. The van der Waals surface area contributed by atoms with Gasteiger partial charge in [0.05, 0.1) is 24.9 Å². The molecule has 2 rings (SSSR count). The van der Waals surface area contributed by atoms with Crippen LogP contribution in [0, 0.1) is 18.3 Å². The van der Waals surface area contributed by atoms with E-state index in [2.05, 4.69) is 11.1 Å². The Bertz CT molecular complexity index is 629. The molecule has 0 saturated carbocycles. The van der Waals surface area contributed by atoms with Crippen molar-refractivity contribution in [1.82, 2.24) is 4.98 Å². The Morgan fingerprint density at radius 3 is 2.58 bits per heavy atom. The molecule has 98 valence electrons. The Kier molecular flexibility index (Phi) is 4.03. The van der Waals surface area contributed by atoms with Crippen LogP contribution in [0.4, 0.5) is 0 Å². The highest BCUT2D eigenvalue weighted by Gasteiger charge is 2.09. The Balaban J connectivity index is 2.25. The molecule has 0 unspecified atom stereocenters. The molecular weight excluding hydrogens is 260 g/mol. The number of thiazole rings is 1. The van der Waals surface area contributed by atoms with Crippen LogP contribution in [-0.4, -0.2) is 19.2 Å². The zero-order chi connectivity index (χ0) is 13.8. The third-order valence-electron chi connectivity index (χ3n) is 2.75. The van der Waals surface area contributed by atoms with Crippen molar-refractivity contribution >= 4 is 11.3 Å². The summed E-state index contributed by atoms with van der Waals surface area (Å²) in [7, 11) is 3.23. The number of ether oxygens (including phenoxy) is 2. The summed E-state index contributed by atoms with van der Waals surface area (Å²) in [6, 6.07) is 7.94. The van der Waals surface area contributed by atoms with Crippen LogP contribution in [-0.2, 0) is 6.42 Å². The molecule has 4 nitrogen and oxygen atoms in total. The number of nitriles is 1. The van der Waals surface area contributed by atoms with Crippen molar-refractivity contribution in [1.29, 1.82) is 5.26 Å². The zero-order valence-electron chi connectivity index (χ0n) is 11.1. The van der Waals surface area contributed by atoms with Gasteiger partial charge in [0.25, 0.3) is 0 Å². The van der Waals surface area contributed by atoms with Gasteiger partial charge in [-0.15, -0.1) is 11.3 Å². The van der Waals surface area contributed by atoms with Gasteiger partial charge in [0.15, 0.2) is 11.5 Å². The molecule has 0 aliphatic rings. The van der Waals surface area contributed by atoms with Crippen molar-refractivity contribution < 1.29 is 9.47 Å². The summed E-state index contributed by atoms with van der Waals surface area (Å²) >= 11 is 1.43. The van der Waals surface area contributed by atoms with E-state index in [1.807, 2.05) is 25.1 Å². The van der Waals surface area contributed by atoms with Crippen LogP contribution in [0.15, 0.2) is 18.2 Å². The van der Waals surface area contributed by atoms with Gasteiger partial charge in [0, 0.05) is 6.42 Å². The van der Waals surface area contributed by atoms with E-state index in [1.54, 1.807) is 14.2 Å². The first kappa shape index (κ1) is 13.4. The minimum Gasteiger partial charge on any atom is -0.493 e. The van der Waals surface area contributed by atoms with Crippen molar-refractivity contribution in [2.24, 2.45) is 0 Å². The minimum atomic E-state index is 0.676. The summed E-state index contributed by atoms with van der Waals surface area (Å²) in [5.41, 5.74) is 1.87. The first-order valence-electron chi connectivity index (χ1n) is 5.75. The maximum atomic E-state index is 8.93. The fraction of sp³-hybridized carbons (Fsp3) is 0.286. The number of aromatic nitrogens is 1. The van der Waals surface area contributed by atoms with E-state index in [-0.39, 0.29) is 0 Å². The van der Waals surface area contributed by atoms with Gasteiger partial charge >= 0.3 is 0 Å². The molecule has 0 atom stereocenters. The summed E-state index contributed by atoms with van der Waals surface area (Å²) in [6.45, 7) is 1.85. The number of hydrogen-bond acceptors (Lipinski definition) is 5. The Hall–Kier alpha value is -2.06. The Labute approximate surface area is 116 Å². The molecule has 2 aromatic rings. The van der Waals surface area contributed by atoms with Gasteiger partial charge in [-0.3, -0.25) is 0 Å². The zero-order valence-corrected chi connectivity index (χ0v) is 11.9. The third-order valence-corrected chi connectivity index (χ3v) is 3.81. The van der Waals surface area contributed by atoms with Crippen molar-refractivity contribution in [3.05, 3.63) is 39.3 Å². The number of methoxy groups -OCH3 is 2. The first-order chi connectivity index (χ1) is 9.17. The predicted octanol–water partition coefficient (Wildman–Crippen LogP) is 2.93. The lowest BCUT2D eigenvalue weighted by atomic mass is 10.1. The van der Waals surface area contributed by atoms with Gasteiger partial charge in [-0.05, 0) is 24.6 Å². The van der Waals surface area contributed by atoms with E-state index in [0.29, 0.717) is 22.8 Å². The predicted molar refractivity (Wildman–Crippen MR) is 73.9 cm³/mol. The molecule has 19 heavy (non-hydrogen) atoms. The molecule has 1 aromatic heterocycles. The van der Waals surface area contributed by atoms with E-state index in [0.717, 1.165) is 16.3 Å². The van der Waals surface area contributed by atoms with Crippen LogP contribution < -0.4 is 9.47 Å². The first-order valence-corrected chi connectivity index (χ1v) is 6.57. The van der Waals surface area contributed by atoms with Crippen LogP contribution in [0.25, 0.3) is 0 Å². The van der Waals surface area contributed by atoms with E-state index >= 15 is 0 Å². The van der Waals surface area contributed by atoms with Gasteiger partial charge in [-0.1, -0.05) is 6.07 Å². The Morgan fingerprint density at radius 2 is 2.00 bits per heavy atom. The highest BCUT2D eigenvalue weighted by atomic mass is 32.1. The van der Waals surface area contributed by atoms with Crippen molar-refractivity contribution in [2.75, 3.05) is 14.2 Å². The number of nitrogens with zero attached hydrogens (tertiary/aromatic N) is 2. The lowest BCUT2D eigenvalue weighted by molar-refractivity contribution is 0.354. The molecule has 0 radical (unpaired) electrons. The average molecular weight is 274 g/mol. The summed E-state index contributed by atoms with van der Waals surface area (Å²) in [6.07, 6.45) is 0.688. The standard InChI is InChI=1S/C14H14N2O2S/c1-9-13(8-15)19-14(16-9)7-10-4-5-11(17-2)12(6-10)18-3/h4-6H,7H2,1-3H3. The summed E-state index contributed by atoms with van der Waals surface area (Å²) in [4.78, 5) is 5.08. The summed E-state index contributed by atoms with van der Waals surface area (Å²) in [5, 5.41) is 9.86. The monoisotopic (exact) mass is 274 g/mol. The smallest absolute Gasteiger partial charge is 0.160 e. The van der Waals surface area contributed by atoms with Crippen molar-refractivity contribution in [2.45, 2.75) is 13.3 Å². The normalized spacial score (nSPS) is 10.0. The quantitative estimate of drug-likeness (QED) is 0.860. The molecule has 5 heteroatoms. The molecule has 0 saturated heterocycles. The van der Waals surface area contributed by atoms with Gasteiger partial charge in [0.1, 0.15) is 10.9 Å². The molecule has 1 heterocycles. The fourth-order valence-corrected chi connectivity index (χ4v) is 2.69.